The highest BCUT2D eigenvalue weighted by atomic mass is 32.1. The third-order valence-corrected chi connectivity index (χ3v) is 5.27. The van der Waals surface area contributed by atoms with Crippen LogP contribution in [0.3, 0.4) is 0 Å². The average molecular weight is 374 g/mol. The molecule has 6 nitrogen and oxygen atoms in total. The fraction of sp³-hybridized carbons (Fsp3) is 0.316. The van der Waals surface area contributed by atoms with Gasteiger partial charge >= 0.3 is 5.97 Å². The van der Waals surface area contributed by atoms with Gasteiger partial charge in [-0.05, 0) is 56.0 Å². The predicted molar refractivity (Wildman–Crippen MR) is 102 cm³/mol. The summed E-state index contributed by atoms with van der Waals surface area (Å²) < 4.78 is 0. The van der Waals surface area contributed by atoms with Crippen LogP contribution in [0.25, 0.3) is 0 Å². The molecule has 0 unspecified atom stereocenters. The largest absolute Gasteiger partial charge is 0.478 e. The van der Waals surface area contributed by atoms with Gasteiger partial charge in [-0.15, -0.1) is 11.3 Å². The first-order valence-electron chi connectivity index (χ1n) is 8.25. The van der Waals surface area contributed by atoms with E-state index in [0.29, 0.717) is 17.0 Å². The second kappa shape index (κ2) is 8.14. The smallest absolute Gasteiger partial charge is 0.339 e. The van der Waals surface area contributed by atoms with Gasteiger partial charge in [-0.1, -0.05) is 13.0 Å². The van der Waals surface area contributed by atoms with Gasteiger partial charge in [0.25, 0.3) is 5.91 Å². The zero-order chi connectivity index (χ0) is 19.4. The van der Waals surface area contributed by atoms with Crippen LogP contribution < -0.4 is 10.6 Å². The summed E-state index contributed by atoms with van der Waals surface area (Å²) in [7, 11) is 0. The van der Waals surface area contributed by atoms with Crippen molar-refractivity contribution in [1.29, 1.82) is 0 Å². The Labute approximate surface area is 156 Å². The monoisotopic (exact) mass is 374 g/mol. The molecule has 1 aromatic heterocycles. The van der Waals surface area contributed by atoms with Gasteiger partial charge in [-0.3, -0.25) is 9.59 Å². The lowest BCUT2D eigenvalue weighted by molar-refractivity contribution is -0.115. The Morgan fingerprint density at radius 1 is 1.12 bits per heavy atom. The van der Waals surface area contributed by atoms with Crippen molar-refractivity contribution in [3.05, 3.63) is 50.9 Å². The highest BCUT2D eigenvalue weighted by Crippen LogP contribution is 2.33. The van der Waals surface area contributed by atoms with Crippen LogP contribution in [0.5, 0.6) is 0 Å². The molecule has 0 aliphatic rings. The van der Waals surface area contributed by atoms with E-state index in [0.717, 1.165) is 21.6 Å². The molecule has 26 heavy (non-hydrogen) atoms. The summed E-state index contributed by atoms with van der Waals surface area (Å²) in [5.74, 6) is -1.88. The summed E-state index contributed by atoms with van der Waals surface area (Å²) >= 11 is 1.23. The van der Waals surface area contributed by atoms with E-state index >= 15 is 0 Å². The van der Waals surface area contributed by atoms with Crippen molar-refractivity contribution < 1.29 is 19.5 Å². The van der Waals surface area contributed by atoms with Crippen LogP contribution in [-0.4, -0.2) is 29.4 Å². The molecule has 0 radical (unpaired) electrons. The lowest BCUT2D eigenvalue weighted by atomic mass is 10.1. The molecular weight excluding hydrogens is 352 g/mol. The summed E-state index contributed by atoms with van der Waals surface area (Å²) in [6.45, 7) is 7.34. The van der Waals surface area contributed by atoms with Crippen molar-refractivity contribution >= 4 is 34.1 Å². The summed E-state index contributed by atoms with van der Waals surface area (Å²) in [5.41, 5.74) is 3.41. The first-order chi connectivity index (χ1) is 12.2. The third kappa shape index (κ3) is 4.29. The second-order valence-corrected chi connectivity index (χ2v) is 7.25. The maximum atomic E-state index is 12.2. The molecule has 0 saturated heterocycles. The van der Waals surface area contributed by atoms with Crippen molar-refractivity contribution in [1.82, 2.24) is 5.32 Å². The van der Waals surface area contributed by atoms with E-state index in [1.165, 1.54) is 11.3 Å². The minimum atomic E-state index is -1.07. The highest BCUT2D eigenvalue weighted by molar-refractivity contribution is 7.16. The Hall–Kier alpha value is -2.67. The van der Waals surface area contributed by atoms with Crippen molar-refractivity contribution in [2.45, 2.75) is 34.1 Å². The number of hydrogen-bond donors (Lipinski definition) is 3. The van der Waals surface area contributed by atoms with E-state index in [-0.39, 0.29) is 18.0 Å². The number of rotatable bonds is 6. The lowest BCUT2D eigenvalue weighted by Gasteiger charge is -2.08. The zero-order valence-electron chi connectivity index (χ0n) is 15.2. The number of carboxylic acids is 1. The van der Waals surface area contributed by atoms with Crippen molar-refractivity contribution in [2.24, 2.45) is 0 Å². The predicted octanol–water partition coefficient (Wildman–Crippen LogP) is 3.30. The number of amides is 2. The van der Waals surface area contributed by atoms with E-state index in [1.807, 2.05) is 33.8 Å². The second-order valence-electron chi connectivity index (χ2n) is 6.03. The molecule has 3 N–H and O–H groups in total. The van der Waals surface area contributed by atoms with Crippen LogP contribution in [0.1, 0.15) is 49.2 Å². The number of hydrogen-bond acceptors (Lipinski definition) is 4. The van der Waals surface area contributed by atoms with Gasteiger partial charge in [0.05, 0.1) is 12.1 Å². The molecule has 138 valence electrons. The number of nitrogens with one attached hydrogen (secondary N) is 2. The van der Waals surface area contributed by atoms with Crippen LogP contribution in [0.2, 0.25) is 0 Å². The van der Waals surface area contributed by atoms with Crippen molar-refractivity contribution in [3.8, 4) is 0 Å². The summed E-state index contributed by atoms with van der Waals surface area (Å²) in [5, 5.41) is 14.9. The molecule has 2 amide bonds. The van der Waals surface area contributed by atoms with Gasteiger partial charge in [-0.2, -0.15) is 0 Å². The molecule has 0 spiro atoms. The number of carbonyl (C=O) groups is 3. The Morgan fingerprint density at radius 2 is 1.81 bits per heavy atom. The minimum absolute atomic E-state index is 0.129. The summed E-state index contributed by atoms with van der Waals surface area (Å²) in [4.78, 5) is 36.7. The van der Waals surface area contributed by atoms with Crippen molar-refractivity contribution in [2.75, 3.05) is 11.9 Å². The number of aryl methyl sites for hydroxylation is 3. The molecule has 0 bridgehead atoms. The minimum Gasteiger partial charge on any atom is -0.478 e. The quantitative estimate of drug-likeness (QED) is 0.723. The van der Waals surface area contributed by atoms with Gasteiger partial charge in [0.15, 0.2) is 0 Å². The maximum Gasteiger partial charge on any atom is 0.339 e. The first-order valence-corrected chi connectivity index (χ1v) is 9.07. The number of carboxylic acid groups (broad SMARTS) is 1. The third-order valence-electron chi connectivity index (χ3n) is 4.21. The van der Waals surface area contributed by atoms with E-state index in [9.17, 15) is 19.5 Å². The molecule has 0 fully saturated rings. The fourth-order valence-electron chi connectivity index (χ4n) is 2.63. The Kier molecular flexibility index (Phi) is 6.15. The van der Waals surface area contributed by atoms with E-state index in [1.54, 1.807) is 12.1 Å². The average Bonchev–Trinajstić information content (AvgIpc) is 2.90. The molecule has 0 saturated carbocycles. The molecule has 0 aliphatic heterocycles. The Bertz CT molecular complexity index is 871. The maximum absolute atomic E-state index is 12.2. The topological polar surface area (TPSA) is 95.5 Å². The number of aromatic carboxylic acids is 1. The van der Waals surface area contributed by atoms with Crippen LogP contribution in [0.15, 0.2) is 18.2 Å². The molecule has 1 heterocycles. The zero-order valence-corrected chi connectivity index (χ0v) is 16.0. The molecule has 2 rings (SSSR count). The number of carbonyl (C=O) groups excluding carboxylic acids is 2. The highest BCUT2D eigenvalue weighted by Gasteiger charge is 2.22. The summed E-state index contributed by atoms with van der Waals surface area (Å²) in [6, 6.07) is 5.32. The van der Waals surface area contributed by atoms with Crippen LogP contribution in [-0.2, 0) is 11.2 Å². The Morgan fingerprint density at radius 3 is 2.38 bits per heavy atom. The van der Waals surface area contributed by atoms with Gasteiger partial charge in [0.2, 0.25) is 5.91 Å². The first kappa shape index (κ1) is 19.7. The molecule has 0 atom stereocenters. The number of benzene rings is 1. The summed E-state index contributed by atoms with van der Waals surface area (Å²) in [6.07, 6.45) is 0.573. The van der Waals surface area contributed by atoms with Crippen LogP contribution in [0.4, 0.5) is 5.00 Å². The lowest BCUT2D eigenvalue weighted by Crippen LogP contribution is -2.33. The molecule has 1 aromatic carbocycles. The molecule has 2 aromatic rings. The van der Waals surface area contributed by atoms with Crippen LogP contribution in [0, 0.1) is 20.8 Å². The van der Waals surface area contributed by atoms with Gasteiger partial charge in [0, 0.05) is 10.4 Å². The normalized spacial score (nSPS) is 10.5. The van der Waals surface area contributed by atoms with Gasteiger partial charge in [-0.25, -0.2) is 4.79 Å². The molecular formula is C19H22N2O4S. The standard InChI is InChI=1S/C19H22N2O4S/c1-5-14-12(4)26-18(16(14)19(24)25)21-15(22)9-20-17(23)13-7-6-10(2)11(3)8-13/h6-8H,5,9H2,1-4H3,(H,20,23)(H,21,22)(H,24,25). The van der Waals surface area contributed by atoms with E-state index in [4.69, 9.17) is 0 Å². The number of anilines is 1. The van der Waals surface area contributed by atoms with E-state index < -0.39 is 11.9 Å². The van der Waals surface area contributed by atoms with E-state index in [2.05, 4.69) is 10.6 Å². The molecule has 7 heteroatoms. The van der Waals surface area contributed by atoms with Gasteiger partial charge < -0.3 is 15.7 Å². The SMILES string of the molecule is CCc1c(C)sc(NC(=O)CNC(=O)c2ccc(C)c(C)c2)c1C(=O)O. The fourth-order valence-corrected chi connectivity index (χ4v) is 3.79. The van der Waals surface area contributed by atoms with Gasteiger partial charge in [0.1, 0.15) is 5.00 Å². The molecule has 0 aliphatic carbocycles. The van der Waals surface area contributed by atoms with Crippen LogP contribution >= 0.6 is 11.3 Å². The number of thiophene rings is 1. The Balaban J connectivity index is 2.04. The van der Waals surface area contributed by atoms with Crippen molar-refractivity contribution in [3.63, 3.8) is 0 Å².